The normalized spacial score (nSPS) is 23.3. The van der Waals surface area contributed by atoms with Gasteiger partial charge in [0.25, 0.3) is 0 Å². The summed E-state index contributed by atoms with van der Waals surface area (Å²) in [6, 6.07) is 15.2. The zero-order chi connectivity index (χ0) is 18.5. The van der Waals surface area contributed by atoms with E-state index in [2.05, 4.69) is 0 Å². The number of hydrogen-bond donors (Lipinski definition) is 0. The first-order valence-electron chi connectivity index (χ1n) is 8.72. The van der Waals surface area contributed by atoms with Crippen molar-refractivity contribution in [2.24, 2.45) is 11.3 Å². The van der Waals surface area contributed by atoms with Crippen LogP contribution in [-0.4, -0.2) is 18.9 Å². The van der Waals surface area contributed by atoms with Crippen LogP contribution >= 0.6 is 0 Å². The van der Waals surface area contributed by atoms with Crippen LogP contribution in [0.5, 0.6) is 11.5 Å². The maximum atomic E-state index is 13.1. The average Bonchev–Trinajstić information content (AvgIpc) is 2.62. The number of esters is 1. The fraction of sp³-hybridized carbons (Fsp3) is 0.273. The standard InChI is InChI=1S/C22H20O4/c1-13(2)20(23)22-12-15(14-8-5-4-6-9-14)19(22)18-16(25-3)10-7-11-17(18)26-21(22)24/h4-13,19H,1-3H3/t19-,22-/m0/s1. The molecule has 0 unspecified atom stereocenters. The number of hydrogen-bond acceptors (Lipinski definition) is 4. The van der Waals surface area contributed by atoms with Gasteiger partial charge >= 0.3 is 5.97 Å². The minimum Gasteiger partial charge on any atom is -0.496 e. The number of rotatable bonds is 4. The maximum Gasteiger partial charge on any atom is 0.329 e. The van der Waals surface area contributed by atoms with E-state index in [0.29, 0.717) is 11.5 Å². The Balaban J connectivity index is 1.98. The van der Waals surface area contributed by atoms with Crippen molar-refractivity contribution in [3.05, 3.63) is 65.7 Å². The summed E-state index contributed by atoms with van der Waals surface area (Å²) in [6.45, 7) is 3.63. The lowest BCUT2D eigenvalue weighted by atomic mass is 9.53. The lowest BCUT2D eigenvalue weighted by Gasteiger charge is -2.49. The third-order valence-corrected chi connectivity index (χ3v) is 5.26. The lowest BCUT2D eigenvalue weighted by molar-refractivity contribution is -0.153. The molecule has 4 nitrogen and oxygen atoms in total. The molecule has 132 valence electrons. The Morgan fingerprint density at radius 3 is 2.50 bits per heavy atom. The van der Waals surface area contributed by atoms with E-state index in [-0.39, 0.29) is 11.7 Å². The smallest absolute Gasteiger partial charge is 0.329 e. The monoisotopic (exact) mass is 348 g/mol. The number of carbonyl (C=O) groups excluding carboxylic acids is 2. The van der Waals surface area contributed by atoms with E-state index < -0.39 is 17.3 Å². The van der Waals surface area contributed by atoms with Crippen molar-refractivity contribution in [2.75, 3.05) is 7.11 Å². The Hall–Kier alpha value is -2.88. The fourth-order valence-corrected chi connectivity index (χ4v) is 4.05. The first-order chi connectivity index (χ1) is 12.5. The van der Waals surface area contributed by atoms with Crippen molar-refractivity contribution in [1.29, 1.82) is 0 Å². The molecule has 2 aromatic carbocycles. The summed E-state index contributed by atoms with van der Waals surface area (Å²) < 4.78 is 11.1. The number of ether oxygens (including phenoxy) is 2. The highest BCUT2D eigenvalue weighted by Gasteiger charge is 2.63. The molecule has 1 aliphatic heterocycles. The molecule has 0 bridgehead atoms. The predicted octanol–water partition coefficient (Wildman–Crippen LogP) is 4.01. The number of fused-ring (bicyclic) bond motifs is 3. The molecule has 1 heterocycles. The zero-order valence-corrected chi connectivity index (χ0v) is 15.0. The van der Waals surface area contributed by atoms with E-state index in [9.17, 15) is 9.59 Å². The van der Waals surface area contributed by atoms with Crippen LogP contribution in [0, 0.1) is 11.3 Å². The zero-order valence-electron chi connectivity index (χ0n) is 15.0. The van der Waals surface area contributed by atoms with Crippen molar-refractivity contribution in [2.45, 2.75) is 19.8 Å². The largest absolute Gasteiger partial charge is 0.496 e. The first kappa shape index (κ1) is 16.6. The highest BCUT2D eigenvalue weighted by atomic mass is 16.5. The molecule has 0 amide bonds. The number of benzene rings is 2. The van der Waals surface area contributed by atoms with Crippen LogP contribution in [0.15, 0.2) is 54.6 Å². The molecule has 2 aromatic rings. The van der Waals surface area contributed by atoms with E-state index in [1.807, 2.05) is 50.2 Å². The van der Waals surface area contributed by atoms with Gasteiger partial charge in [-0.05, 0) is 23.3 Å². The number of Topliss-reactive ketones (excluding diaryl/α,β-unsaturated/α-hetero) is 1. The molecule has 4 heteroatoms. The molecule has 0 saturated heterocycles. The van der Waals surface area contributed by atoms with Crippen molar-refractivity contribution >= 4 is 17.3 Å². The van der Waals surface area contributed by atoms with E-state index in [0.717, 1.165) is 16.7 Å². The number of ketones is 1. The number of carbonyl (C=O) groups is 2. The van der Waals surface area contributed by atoms with Crippen LogP contribution in [0.2, 0.25) is 0 Å². The van der Waals surface area contributed by atoms with E-state index in [1.54, 1.807) is 25.3 Å². The van der Waals surface area contributed by atoms with Crippen LogP contribution in [0.1, 0.15) is 30.9 Å². The third-order valence-electron chi connectivity index (χ3n) is 5.26. The van der Waals surface area contributed by atoms with E-state index in [1.165, 1.54) is 0 Å². The summed E-state index contributed by atoms with van der Waals surface area (Å²) in [4.78, 5) is 26.0. The fourth-order valence-electron chi connectivity index (χ4n) is 4.05. The van der Waals surface area contributed by atoms with E-state index >= 15 is 0 Å². The van der Waals surface area contributed by atoms with Crippen LogP contribution in [-0.2, 0) is 9.59 Å². The van der Waals surface area contributed by atoms with Crippen LogP contribution in [0.4, 0.5) is 0 Å². The van der Waals surface area contributed by atoms with Gasteiger partial charge in [0.2, 0.25) is 0 Å². The molecule has 1 aliphatic carbocycles. The molecule has 2 aliphatic rings. The van der Waals surface area contributed by atoms with Crippen molar-refractivity contribution in [3.63, 3.8) is 0 Å². The van der Waals surface area contributed by atoms with Gasteiger partial charge in [-0.15, -0.1) is 0 Å². The molecule has 2 atom stereocenters. The van der Waals surface area contributed by atoms with Gasteiger partial charge in [0, 0.05) is 17.4 Å². The molecule has 26 heavy (non-hydrogen) atoms. The highest BCUT2D eigenvalue weighted by Crippen LogP contribution is 2.63. The van der Waals surface area contributed by atoms with Gasteiger partial charge < -0.3 is 9.47 Å². The molecule has 0 aromatic heterocycles. The van der Waals surface area contributed by atoms with Crippen LogP contribution in [0.3, 0.4) is 0 Å². The lowest BCUT2D eigenvalue weighted by Crippen LogP contribution is -2.54. The number of allylic oxidation sites excluding steroid dienone is 1. The summed E-state index contributed by atoms with van der Waals surface area (Å²) in [5, 5.41) is 0. The second-order valence-corrected chi connectivity index (χ2v) is 7.05. The summed E-state index contributed by atoms with van der Waals surface area (Å²) in [5.41, 5.74) is 1.45. The van der Waals surface area contributed by atoms with Crippen molar-refractivity contribution < 1.29 is 19.1 Å². The Labute approximate surface area is 152 Å². The molecule has 0 fully saturated rings. The van der Waals surface area contributed by atoms with Crippen LogP contribution < -0.4 is 9.47 Å². The molecular weight excluding hydrogens is 328 g/mol. The highest BCUT2D eigenvalue weighted by molar-refractivity contribution is 6.16. The SMILES string of the molecule is COc1cccc2c1[C@@H]1C(c3ccccc3)=C[C@]1(C(=O)C(C)C)C(=O)O2. The molecule has 0 N–H and O–H groups in total. The summed E-state index contributed by atoms with van der Waals surface area (Å²) >= 11 is 0. The minimum absolute atomic E-state index is 0.122. The topological polar surface area (TPSA) is 52.6 Å². The molecule has 4 rings (SSSR count). The van der Waals surface area contributed by atoms with Gasteiger partial charge in [-0.25, -0.2) is 0 Å². The minimum atomic E-state index is -1.28. The van der Waals surface area contributed by atoms with Crippen molar-refractivity contribution in [1.82, 2.24) is 0 Å². The average molecular weight is 348 g/mol. The number of methoxy groups -OCH3 is 1. The maximum absolute atomic E-state index is 13.1. The molecule has 0 spiro atoms. The summed E-state index contributed by atoms with van der Waals surface area (Å²) in [5.74, 6) is -0.206. The van der Waals surface area contributed by atoms with Gasteiger partial charge in [0.05, 0.1) is 7.11 Å². The predicted molar refractivity (Wildman–Crippen MR) is 98.1 cm³/mol. The summed E-state index contributed by atoms with van der Waals surface area (Å²) in [7, 11) is 1.59. The quantitative estimate of drug-likeness (QED) is 0.476. The van der Waals surface area contributed by atoms with Gasteiger partial charge in [0.15, 0.2) is 11.2 Å². The second-order valence-electron chi connectivity index (χ2n) is 7.05. The Morgan fingerprint density at radius 2 is 1.85 bits per heavy atom. The Bertz CT molecular complexity index is 926. The summed E-state index contributed by atoms with van der Waals surface area (Å²) in [6.07, 6.45) is 1.78. The first-order valence-corrected chi connectivity index (χ1v) is 8.72. The molecule has 0 radical (unpaired) electrons. The van der Waals surface area contributed by atoms with Crippen molar-refractivity contribution in [3.8, 4) is 11.5 Å². The van der Waals surface area contributed by atoms with E-state index in [4.69, 9.17) is 9.47 Å². The molecule has 0 saturated carbocycles. The Kier molecular flexibility index (Phi) is 3.72. The van der Waals surface area contributed by atoms with Gasteiger partial charge in [-0.2, -0.15) is 0 Å². The van der Waals surface area contributed by atoms with Gasteiger partial charge in [-0.1, -0.05) is 56.3 Å². The molecular formula is C22H20O4. The Morgan fingerprint density at radius 1 is 1.12 bits per heavy atom. The van der Waals surface area contributed by atoms with Gasteiger partial charge in [-0.3, -0.25) is 9.59 Å². The third kappa shape index (κ3) is 2.08. The second kappa shape index (κ2) is 5.84. The van der Waals surface area contributed by atoms with Gasteiger partial charge in [0.1, 0.15) is 11.5 Å². The van der Waals surface area contributed by atoms with Crippen LogP contribution in [0.25, 0.3) is 5.57 Å².